The fourth-order valence-electron chi connectivity index (χ4n) is 9.25. The third kappa shape index (κ3) is 37.5. The van der Waals surface area contributed by atoms with Gasteiger partial charge in [0, 0.05) is 0 Å². The van der Waals surface area contributed by atoms with E-state index in [1.165, 1.54) is 167 Å². The van der Waals surface area contributed by atoms with E-state index in [2.05, 4.69) is 67.8 Å². The summed E-state index contributed by atoms with van der Waals surface area (Å²) in [4.78, 5) is 13.2. The van der Waals surface area contributed by atoms with Crippen molar-refractivity contribution in [3.63, 3.8) is 0 Å². The van der Waals surface area contributed by atoms with Crippen LogP contribution in [-0.2, 0) is 14.3 Å². The van der Waals surface area contributed by atoms with Gasteiger partial charge >= 0.3 is 0 Å². The SMILES string of the molecule is CCCCCCCCC/C=C/CC/C=C/CCCC(O)C(O)C(COC1OC(CO)C(O)C(O)C1O)NC(=O)C(O)CCCCCCCCCCCCCC/C=C\C/C=C\CCCCCCCCCCC. The second-order valence-corrected chi connectivity index (χ2v) is 20.7. The summed E-state index contributed by atoms with van der Waals surface area (Å²) in [6, 6.07) is -1.19. The van der Waals surface area contributed by atoms with Gasteiger partial charge in [0.25, 0.3) is 0 Å². The smallest absolute Gasteiger partial charge is 0.249 e. The fraction of sp³-hybridized carbons (Fsp3) is 0.850. The van der Waals surface area contributed by atoms with Crippen LogP contribution in [0.4, 0.5) is 0 Å². The van der Waals surface area contributed by atoms with E-state index in [0.29, 0.717) is 19.3 Å². The lowest BCUT2D eigenvalue weighted by Gasteiger charge is -2.40. The Morgan fingerprint density at radius 2 is 0.887 bits per heavy atom. The number of unbranched alkanes of at least 4 members (excludes halogenated alkanes) is 30. The average Bonchev–Trinajstić information content (AvgIpc) is 3.37. The molecule has 11 nitrogen and oxygen atoms in total. The summed E-state index contributed by atoms with van der Waals surface area (Å²) >= 11 is 0. The average molecular weight is 1010 g/mol. The number of aliphatic hydroxyl groups is 7. The first-order chi connectivity index (χ1) is 34.7. The Morgan fingerprint density at radius 3 is 1.34 bits per heavy atom. The van der Waals surface area contributed by atoms with Crippen molar-refractivity contribution in [2.75, 3.05) is 13.2 Å². The molecule has 1 fully saturated rings. The quantitative estimate of drug-likeness (QED) is 0.0215. The molecular formula is C60H111NO10. The zero-order valence-electron chi connectivity index (χ0n) is 45.5. The lowest BCUT2D eigenvalue weighted by molar-refractivity contribution is -0.303. The van der Waals surface area contributed by atoms with Crippen LogP contribution in [-0.4, -0.2) is 110 Å². The molecule has 1 saturated heterocycles. The van der Waals surface area contributed by atoms with Gasteiger partial charge in [-0.2, -0.15) is 0 Å². The number of rotatable bonds is 50. The minimum Gasteiger partial charge on any atom is -0.394 e. The maximum absolute atomic E-state index is 13.2. The van der Waals surface area contributed by atoms with E-state index >= 15 is 0 Å². The molecule has 0 spiro atoms. The summed E-state index contributed by atoms with van der Waals surface area (Å²) in [7, 11) is 0. The van der Waals surface area contributed by atoms with E-state index in [-0.39, 0.29) is 12.8 Å². The zero-order valence-corrected chi connectivity index (χ0v) is 45.5. The Bertz CT molecular complexity index is 1290. The molecule has 0 aliphatic carbocycles. The lowest BCUT2D eigenvalue weighted by atomic mass is 9.98. The molecule has 1 heterocycles. The first-order valence-electron chi connectivity index (χ1n) is 29.5. The minimum absolute atomic E-state index is 0.245. The van der Waals surface area contributed by atoms with E-state index in [1.54, 1.807) is 0 Å². The van der Waals surface area contributed by atoms with Gasteiger partial charge in [0.05, 0.1) is 25.4 Å². The lowest BCUT2D eigenvalue weighted by Crippen LogP contribution is -2.60. The Labute approximate surface area is 434 Å². The van der Waals surface area contributed by atoms with E-state index in [9.17, 15) is 40.5 Å². The van der Waals surface area contributed by atoms with Gasteiger partial charge in [0.1, 0.15) is 36.6 Å². The van der Waals surface area contributed by atoms with Crippen LogP contribution >= 0.6 is 0 Å². The topological polar surface area (TPSA) is 189 Å². The van der Waals surface area contributed by atoms with E-state index in [0.717, 1.165) is 44.9 Å². The van der Waals surface area contributed by atoms with E-state index < -0.39 is 74.2 Å². The van der Waals surface area contributed by atoms with Crippen LogP contribution < -0.4 is 5.32 Å². The molecule has 9 unspecified atom stereocenters. The second kappa shape index (κ2) is 49.0. The van der Waals surface area contributed by atoms with Crippen molar-refractivity contribution in [1.29, 1.82) is 0 Å². The van der Waals surface area contributed by atoms with Crippen LogP contribution in [0.1, 0.15) is 258 Å². The Balaban J connectivity index is 2.29. The molecule has 0 aromatic rings. The van der Waals surface area contributed by atoms with Crippen LogP contribution in [0.15, 0.2) is 48.6 Å². The molecule has 1 aliphatic heterocycles. The van der Waals surface area contributed by atoms with E-state index in [4.69, 9.17) is 9.47 Å². The summed E-state index contributed by atoms with van der Waals surface area (Å²) in [5, 5.41) is 76.1. The molecule has 71 heavy (non-hydrogen) atoms. The molecule has 416 valence electrons. The highest BCUT2D eigenvalue weighted by molar-refractivity contribution is 5.80. The van der Waals surface area contributed by atoms with Crippen LogP contribution in [0.2, 0.25) is 0 Å². The first kappa shape index (κ1) is 67.1. The molecule has 8 N–H and O–H groups in total. The summed E-state index contributed by atoms with van der Waals surface area (Å²) in [5.41, 5.74) is 0. The minimum atomic E-state index is -1.67. The van der Waals surface area contributed by atoms with Crippen molar-refractivity contribution >= 4 is 5.91 Å². The Kier molecular flexibility index (Phi) is 46.3. The normalized spacial score (nSPS) is 20.5. The summed E-state index contributed by atoms with van der Waals surface area (Å²) in [6.45, 7) is 3.44. The van der Waals surface area contributed by atoms with Gasteiger partial charge in [0.15, 0.2) is 6.29 Å². The van der Waals surface area contributed by atoms with Gasteiger partial charge in [-0.1, -0.05) is 223 Å². The predicted octanol–water partition coefficient (Wildman–Crippen LogP) is 12.5. The fourth-order valence-corrected chi connectivity index (χ4v) is 9.25. The highest BCUT2D eigenvalue weighted by Gasteiger charge is 2.44. The van der Waals surface area contributed by atoms with Crippen LogP contribution in [0.3, 0.4) is 0 Å². The van der Waals surface area contributed by atoms with Crippen LogP contribution in [0.5, 0.6) is 0 Å². The van der Waals surface area contributed by atoms with Crippen molar-refractivity contribution in [2.45, 2.75) is 313 Å². The predicted molar refractivity (Wildman–Crippen MR) is 293 cm³/mol. The monoisotopic (exact) mass is 1010 g/mol. The highest BCUT2D eigenvalue weighted by atomic mass is 16.7. The zero-order chi connectivity index (χ0) is 51.8. The number of hydrogen-bond donors (Lipinski definition) is 8. The number of amides is 1. The van der Waals surface area contributed by atoms with Crippen molar-refractivity contribution in [2.24, 2.45) is 0 Å². The Hall–Kier alpha value is -1.93. The molecular weight excluding hydrogens is 895 g/mol. The standard InChI is InChI=1S/C60H111NO10/c1-3-5-7-9-11-13-15-17-19-21-22-23-24-25-26-27-28-29-30-31-32-34-36-38-40-42-44-46-48-53(64)59(69)61-51(50-70-60-58(68)57(67)56(66)54(49-62)71-60)55(65)52(63)47-45-43-41-39-37-35-33-20-18-16-14-12-10-8-6-4-2/h20,22-23,25-26,33,39,41,51-58,60,62-68H,3-19,21,24,27-32,34-38,40,42-50H2,1-2H3,(H,61,69)/b23-22-,26-25-,33-20+,41-39+. The third-order valence-electron chi connectivity index (χ3n) is 14.1. The molecule has 0 aromatic carbocycles. The van der Waals surface area contributed by atoms with Crippen LogP contribution in [0, 0.1) is 0 Å². The number of allylic oxidation sites excluding steroid dienone is 8. The van der Waals surface area contributed by atoms with Crippen molar-refractivity contribution < 1.29 is 50.0 Å². The van der Waals surface area contributed by atoms with Gasteiger partial charge < -0.3 is 50.5 Å². The van der Waals surface area contributed by atoms with E-state index in [1.807, 2.05) is 0 Å². The molecule has 0 aromatic heterocycles. The number of carbonyl (C=O) groups excluding carboxylic acids is 1. The van der Waals surface area contributed by atoms with Gasteiger partial charge in [0.2, 0.25) is 5.91 Å². The second-order valence-electron chi connectivity index (χ2n) is 20.7. The number of ether oxygens (including phenoxy) is 2. The molecule has 0 bridgehead atoms. The van der Waals surface area contributed by atoms with Crippen LogP contribution in [0.25, 0.3) is 0 Å². The van der Waals surface area contributed by atoms with Gasteiger partial charge in [-0.15, -0.1) is 0 Å². The molecule has 1 aliphatic rings. The number of hydrogen-bond acceptors (Lipinski definition) is 10. The molecule has 11 heteroatoms. The molecule has 0 radical (unpaired) electrons. The summed E-state index contributed by atoms with van der Waals surface area (Å²) in [6.07, 6.45) is 50.3. The maximum atomic E-state index is 13.2. The summed E-state index contributed by atoms with van der Waals surface area (Å²) in [5.74, 6) is -0.711. The maximum Gasteiger partial charge on any atom is 0.249 e. The first-order valence-corrected chi connectivity index (χ1v) is 29.5. The number of nitrogens with one attached hydrogen (secondary N) is 1. The molecule has 0 saturated carbocycles. The third-order valence-corrected chi connectivity index (χ3v) is 14.1. The van der Waals surface area contributed by atoms with Gasteiger partial charge in [-0.3, -0.25) is 4.79 Å². The largest absolute Gasteiger partial charge is 0.394 e. The molecule has 1 amide bonds. The van der Waals surface area contributed by atoms with Crippen molar-refractivity contribution in [3.8, 4) is 0 Å². The highest BCUT2D eigenvalue weighted by Crippen LogP contribution is 2.23. The van der Waals surface area contributed by atoms with Crippen molar-refractivity contribution in [1.82, 2.24) is 5.32 Å². The number of carbonyl (C=O) groups is 1. The summed E-state index contributed by atoms with van der Waals surface area (Å²) < 4.78 is 11.1. The van der Waals surface area contributed by atoms with Gasteiger partial charge in [-0.05, 0) is 83.5 Å². The number of aliphatic hydroxyl groups excluding tert-OH is 7. The molecule has 1 rings (SSSR count). The van der Waals surface area contributed by atoms with Crippen molar-refractivity contribution in [3.05, 3.63) is 48.6 Å². The molecule has 9 atom stereocenters. The van der Waals surface area contributed by atoms with Gasteiger partial charge in [-0.25, -0.2) is 0 Å². The Morgan fingerprint density at radius 1 is 0.493 bits per heavy atom.